The summed E-state index contributed by atoms with van der Waals surface area (Å²) >= 11 is 1.25. The molecule has 0 aliphatic carbocycles. The largest absolute Gasteiger partial charge is 0.487 e. The first-order valence-electron chi connectivity index (χ1n) is 11.4. The highest BCUT2D eigenvalue weighted by molar-refractivity contribution is 8.27. The Morgan fingerprint density at radius 3 is 2.60 bits per heavy atom. The third-order valence-electron chi connectivity index (χ3n) is 5.99. The fourth-order valence-corrected chi connectivity index (χ4v) is 5.04. The van der Waals surface area contributed by atoms with Crippen LogP contribution in [-0.2, 0) is 11.2 Å². The summed E-state index contributed by atoms with van der Waals surface area (Å²) in [5.74, 6) is 0.309. The Balaban J connectivity index is 1.42. The van der Waals surface area contributed by atoms with Crippen LogP contribution in [0.2, 0.25) is 0 Å². The lowest BCUT2D eigenvalue weighted by Gasteiger charge is -2.20. The molecule has 0 fully saturated rings. The van der Waals surface area contributed by atoms with Gasteiger partial charge < -0.3 is 9.30 Å². The summed E-state index contributed by atoms with van der Waals surface area (Å²) < 4.78 is 7.96. The van der Waals surface area contributed by atoms with Crippen molar-refractivity contribution in [3.05, 3.63) is 88.8 Å². The fraction of sp³-hybridized carbons (Fsp3) is 0.185. The van der Waals surface area contributed by atoms with Crippen LogP contribution in [0.15, 0.2) is 76.3 Å². The van der Waals surface area contributed by atoms with E-state index < -0.39 is 5.91 Å². The van der Waals surface area contributed by atoms with E-state index in [1.807, 2.05) is 62.4 Å². The first-order chi connectivity index (χ1) is 17.0. The normalized spacial score (nSPS) is 16.4. The van der Waals surface area contributed by atoms with Crippen LogP contribution in [0.25, 0.3) is 11.8 Å². The van der Waals surface area contributed by atoms with Gasteiger partial charge in [-0.25, -0.2) is 0 Å². The van der Waals surface area contributed by atoms with Crippen molar-refractivity contribution in [3.63, 3.8) is 0 Å². The predicted octanol–water partition coefficient (Wildman–Crippen LogP) is 5.35. The number of amides is 1. The van der Waals surface area contributed by atoms with Gasteiger partial charge in [0, 0.05) is 17.1 Å². The molecule has 0 saturated heterocycles. The molecule has 7 nitrogen and oxygen atoms in total. The molecule has 0 radical (unpaired) electrons. The van der Waals surface area contributed by atoms with Crippen molar-refractivity contribution >= 4 is 39.8 Å². The number of hydrogen-bond donors (Lipinski definition) is 1. The molecule has 0 bridgehead atoms. The molecule has 176 valence electrons. The van der Waals surface area contributed by atoms with E-state index in [0.717, 1.165) is 34.8 Å². The minimum atomic E-state index is -0.437. The molecular formula is C27H25N5O2S. The SMILES string of the molecule is CCc1ccccc1-n1c(C)cc(/C=C2/C(=N)N3N=C(COc4ccccc4)SC3=NC2=O)c1C. The average Bonchev–Trinajstić information content (AvgIpc) is 3.40. The summed E-state index contributed by atoms with van der Waals surface area (Å²) in [6, 6.07) is 19.8. The van der Waals surface area contributed by atoms with Crippen LogP contribution in [0.3, 0.4) is 0 Å². The van der Waals surface area contributed by atoms with Gasteiger partial charge in [-0.1, -0.05) is 43.3 Å². The van der Waals surface area contributed by atoms with Gasteiger partial charge in [-0.05, 0) is 73.5 Å². The van der Waals surface area contributed by atoms with Crippen molar-refractivity contribution in [2.45, 2.75) is 27.2 Å². The third kappa shape index (κ3) is 4.33. The van der Waals surface area contributed by atoms with Gasteiger partial charge in [0.2, 0.25) is 5.17 Å². The maximum absolute atomic E-state index is 12.9. The van der Waals surface area contributed by atoms with Crippen LogP contribution >= 0.6 is 11.8 Å². The molecule has 0 unspecified atom stereocenters. The first-order valence-corrected chi connectivity index (χ1v) is 12.2. The van der Waals surface area contributed by atoms with E-state index in [1.165, 1.54) is 22.3 Å². The number of benzene rings is 2. The number of hydrazone groups is 1. The molecule has 1 aromatic heterocycles. The van der Waals surface area contributed by atoms with Gasteiger partial charge in [-0.3, -0.25) is 10.2 Å². The molecule has 35 heavy (non-hydrogen) atoms. The van der Waals surface area contributed by atoms with E-state index in [2.05, 4.69) is 33.7 Å². The monoisotopic (exact) mass is 483 g/mol. The second kappa shape index (κ2) is 9.38. The molecule has 5 rings (SSSR count). The van der Waals surface area contributed by atoms with Gasteiger partial charge in [-0.2, -0.15) is 15.1 Å². The standard InChI is InChI=1S/C27H25N5O2S/c1-4-19-10-8-9-13-23(19)31-17(2)14-20(18(31)3)15-22-25(28)32-27(29-26(22)33)35-24(30-32)16-34-21-11-6-5-7-12-21/h5-15,28H,4,16H2,1-3H3/b22-15-,28-25?. The molecule has 0 spiro atoms. The van der Waals surface area contributed by atoms with Crippen LogP contribution in [0.5, 0.6) is 5.75 Å². The lowest BCUT2D eigenvalue weighted by molar-refractivity contribution is -0.114. The van der Waals surface area contributed by atoms with Gasteiger partial charge in [0.1, 0.15) is 17.4 Å². The molecule has 3 heterocycles. The van der Waals surface area contributed by atoms with Crippen LogP contribution in [0.1, 0.15) is 29.4 Å². The highest BCUT2D eigenvalue weighted by Gasteiger charge is 2.36. The van der Waals surface area contributed by atoms with E-state index in [0.29, 0.717) is 10.2 Å². The van der Waals surface area contributed by atoms with Crippen LogP contribution in [0.4, 0.5) is 0 Å². The molecule has 0 saturated carbocycles. The molecular weight excluding hydrogens is 458 g/mol. The Labute approximate surface area is 208 Å². The number of para-hydroxylation sites is 2. The van der Waals surface area contributed by atoms with Crippen molar-refractivity contribution in [2.75, 3.05) is 6.61 Å². The van der Waals surface area contributed by atoms with Gasteiger partial charge in [-0.15, -0.1) is 0 Å². The maximum Gasteiger partial charge on any atom is 0.283 e. The van der Waals surface area contributed by atoms with E-state index >= 15 is 0 Å². The predicted molar refractivity (Wildman–Crippen MR) is 142 cm³/mol. The number of aryl methyl sites for hydroxylation is 2. The van der Waals surface area contributed by atoms with E-state index in [4.69, 9.17) is 10.1 Å². The number of nitrogens with zero attached hydrogens (tertiary/aromatic N) is 4. The molecule has 2 aliphatic rings. The van der Waals surface area contributed by atoms with E-state index in [1.54, 1.807) is 6.08 Å². The second-order valence-electron chi connectivity index (χ2n) is 8.26. The highest BCUT2D eigenvalue weighted by atomic mass is 32.2. The second-order valence-corrected chi connectivity index (χ2v) is 9.30. The number of aliphatic imine (C=N–C) groups is 1. The lowest BCUT2D eigenvalue weighted by atomic mass is 10.1. The lowest BCUT2D eigenvalue weighted by Crippen LogP contribution is -2.35. The van der Waals surface area contributed by atoms with Crippen molar-refractivity contribution in [2.24, 2.45) is 10.1 Å². The summed E-state index contributed by atoms with van der Waals surface area (Å²) in [6.45, 7) is 6.45. The number of hydrogen-bond acceptors (Lipinski definition) is 5. The summed E-state index contributed by atoms with van der Waals surface area (Å²) in [5.41, 5.74) is 5.53. The minimum absolute atomic E-state index is 0.0148. The van der Waals surface area contributed by atoms with Crippen molar-refractivity contribution in [1.82, 2.24) is 9.58 Å². The zero-order chi connectivity index (χ0) is 24.5. The number of rotatable bonds is 6. The molecule has 1 N–H and O–H groups in total. The number of aromatic nitrogens is 1. The molecule has 8 heteroatoms. The van der Waals surface area contributed by atoms with Gasteiger partial charge >= 0.3 is 0 Å². The number of ether oxygens (including phenoxy) is 1. The zero-order valence-electron chi connectivity index (χ0n) is 19.8. The Hall–Kier alpha value is -3.91. The van der Waals surface area contributed by atoms with Crippen LogP contribution < -0.4 is 4.74 Å². The summed E-state index contributed by atoms with van der Waals surface area (Å²) in [7, 11) is 0. The molecule has 0 atom stereocenters. The number of fused-ring (bicyclic) bond motifs is 1. The minimum Gasteiger partial charge on any atom is -0.487 e. The molecule has 1 amide bonds. The van der Waals surface area contributed by atoms with Crippen molar-refractivity contribution < 1.29 is 9.53 Å². The maximum atomic E-state index is 12.9. The molecule has 2 aromatic carbocycles. The van der Waals surface area contributed by atoms with Gasteiger partial charge in [0.05, 0.1) is 5.57 Å². The first kappa shape index (κ1) is 22.9. The van der Waals surface area contributed by atoms with Crippen molar-refractivity contribution in [3.8, 4) is 11.4 Å². The smallest absolute Gasteiger partial charge is 0.283 e. The van der Waals surface area contributed by atoms with Crippen molar-refractivity contribution in [1.29, 1.82) is 5.41 Å². The molecule has 3 aromatic rings. The van der Waals surface area contributed by atoms with Gasteiger partial charge in [0.25, 0.3) is 5.91 Å². The van der Waals surface area contributed by atoms with E-state index in [9.17, 15) is 4.79 Å². The summed E-state index contributed by atoms with van der Waals surface area (Å²) in [5, 5.41) is 15.6. The average molecular weight is 484 g/mol. The third-order valence-corrected chi connectivity index (χ3v) is 6.87. The highest BCUT2D eigenvalue weighted by Crippen LogP contribution is 2.30. The Morgan fingerprint density at radius 2 is 1.83 bits per heavy atom. The Morgan fingerprint density at radius 1 is 1.09 bits per heavy atom. The van der Waals surface area contributed by atoms with Gasteiger partial charge in [0.15, 0.2) is 5.84 Å². The number of carbonyl (C=O) groups is 1. The number of amidine groups is 2. The summed E-state index contributed by atoms with van der Waals surface area (Å²) in [6.07, 6.45) is 2.67. The quantitative estimate of drug-likeness (QED) is 0.479. The number of carbonyl (C=O) groups excluding carboxylic acids is 1. The van der Waals surface area contributed by atoms with E-state index in [-0.39, 0.29) is 18.0 Å². The summed E-state index contributed by atoms with van der Waals surface area (Å²) in [4.78, 5) is 17.1. The Kier molecular flexibility index (Phi) is 6.13. The topological polar surface area (TPSA) is 83.0 Å². The van der Waals surface area contributed by atoms with Crippen LogP contribution in [-0.4, -0.2) is 38.1 Å². The molecule has 2 aliphatic heterocycles. The number of nitrogens with one attached hydrogen (secondary N) is 1. The zero-order valence-corrected chi connectivity index (χ0v) is 20.6. The number of thioether (sulfide) groups is 1. The Bertz CT molecular complexity index is 1420. The fourth-order valence-electron chi connectivity index (χ4n) is 4.24. The van der Waals surface area contributed by atoms with Crippen LogP contribution in [0, 0.1) is 19.3 Å².